The van der Waals surface area contributed by atoms with Crippen molar-refractivity contribution >= 4 is 40.5 Å². The Labute approximate surface area is 264 Å². The molecule has 1 heterocycles. The van der Waals surface area contributed by atoms with Gasteiger partial charge in [0.15, 0.2) is 11.6 Å². The van der Waals surface area contributed by atoms with Crippen molar-refractivity contribution in [3.8, 4) is 5.75 Å². The Hall–Kier alpha value is -3.13. The van der Waals surface area contributed by atoms with Crippen molar-refractivity contribution in [1.82, 2.24) is 10.6 Å². The summed E-state index contributed by atoms with van der Waals surface area (Å²) in [5.41, 5.74) is 2.72. The van der Waals surface area contributed by atoms with Gasteiger partial charge in [-0.3, -0.25) is 18.2 Å². The minimum absolute atomic E-state index is 0. The number of benzene rings is 3. The SMILES string of the molecule is CCNc1cc(C(=O)N[C@@H](Cc2ccc(F)c(F)c2)[C@H](O)CNCc2cccc(OC)c2)cc(N2CCCCS2(O)O)c1.Cl. The Bertz CT molecular complexity index is 1400. The summed E-state index contributed by atoms with van der Waals surface area (Å²) >= 11 is 0. The molecule has 1 fully saturated rings. The first-order valence-electron chi connectivity index (χ1n) is 14.3. The summed E-state index contributed by atoms with van der Waals surface area (Å²) in [4.78, 5) is 13.6. The molecular weight excluding hydrogens is 614 g/mol. The van der Waals surface area contributed by atoms with E-state index >= 15 is 0 Å². The number of hydrogen-bond donors (Lipinski definition) is 6. The van der Waals surface area contributed by atoms with E-state index in [4.69, 9.17) is 4.74 Å². The summed E-state index contributed by atoms with van der Waals surface area (Å²) in [7, 11) is -1.44. The van der Waals surface area contributed by atoms with Gasteiger partial charge in [-0.1, -0.05) is 18.2 Å². The van der Waals surface area contributed by atoms with Crippen LogP contribution in [0.25, 0.3) is 0 Å². The van der Waals surface area contributed by atoms with Crippen LogP contribution in [0.1, 0.15) is 41.3 Å². The molecule has 0 aliphatic carbocycles. The van der Waals surface area contributed by atoms with Crippen molar-refractivity contribution in [2.75, 3.05) is 42.1 Å². The molecular formula is C31H41ClF2N4O5S. The van der Waals surface area contributed by atoms with Gasteiger partial charge >= 0.3 is 0 Å². The highest BCUT2D eigenvalue weighted by Crippen LogP contribution is 2.50. The lowest BCUT2D eigenvalue weighted by molar-refractivity contribution is 0.0830. The maximum atomic E-state index is 14.0. The van der Waals surface area contributed by atoms with Crippen LogP contribution < -0.4 is 25.0 Å². The maximum Gasteiger partial charge on any atom is 0.251 e. The number of ether oxygens (including phenoxy) is 1. The summed E-state index contributed by atoms with van der Waals surface area (Å²) < 4.78 is 55.8. The van der Waals surface area contributed by atoms with E-state index in [1.165, 1.54) is 6.07 Å². The van der Waals surface area contributed by atoms with Gasteiger partial charge < -0.3 is 25.8 Å². The number of halogens is 3. The number of amides is 1. The Morgan fingerprint density at radius 3 is 2.55 bits per heavy atom. The fourth-order valence-electron chi connectivity index (χ4n) is 5.04. The summed E-state index contributed by atoms with van der Waals surface area (Å²) in [6.07, 6.45) is 0.438. The first-order valence-corrected chi connectivity index (χ1v) is 16.0. The highest BCUT2D eigenvalue weighted by atomic mass is 35.5. The standard InChI is InChI=1S/C31H40F2N4O5S.ClH/c1-3-35-24-16-23(17-25(18-24)37-11-4-5-12-43(37,40)41)31(39)36-29(15-21-9-10-27(32)28(33)14-21)30(38)20-34-19-22-7-6-8-26(13-22)42-2;/h6-10,13-14,16-18,29-30,34-35,38,40-41H,3-5,11-12,15,19-20H2,1-2H3,(H,36,39);1H/t29-,30+;/m0./s1. The van der Waals surface area contributed by atoms with Crippen molar-refractivity contribution in [2.24, 2.45) is 0 Å². The van der Waals surface area contributed by atoms with Crippen LogP contribution in [-0.4, -0.2) is 64.8 Å². The predicted octanol–water partition coefficient (Wildman–Crippen LogP) is 5.58. The van der Waals surface area contributed by atoms with Gasteiger partial charge in [-0.2, -0.15) is 0 Å². The van der Waals surface area contributed by atoms with Gasteiger partial charge in [0.2, 0.25) is 0 Å². The lowest BCUT2D eigenvalue weighted by atomic mass is 10.00. The van der Waals surface area contributed by atoms with Crippen LogP contribution >= 0.6 is 23.2 Å². The van der Waals surface area contributed by atoms with Gasteiger partial charge in [-0.15, -0.1) is 23.2 Å². The summed E-state index contributed by atoms with van der Waals surface area (Å²) in [6, 6.07) is 15.1. The Balaban J connectivity index is 0.00000529. The summed E-state index contributed by atoms with van der Waals surface area (Å²) in [5, 5.41) is 20.4. The highest BCUT2D eigenvalue weighted by Gasteiger charge is 2.29. The van der Waals surface area contributed by atoms with Crippen LogP contribution in [0.4, 0.5) is 20.2 Å². The van der Waals surface area contributed by atoms with Gasteiger partial charge in [-0.25, -0.2) is 8.78 Å². The molecule has 0 saturated carbocycles. The molecule has 1 aliphatic heterocycles. The van der Waals surface area contributed by atoms with Crippen LogP contribution in [0, 0.1) is 11.6 Å². The maximum absolute atomic E-state index is 14.0. The first-order chi connectivity index (χ1) is 20.6. The van der Waals surface area contributed by atoms with Crippen molar-refractivity contribution in [3.05, 3.63) is 89.0 Å². The Morgan fingerprint density at radius 1 is 1.05 bits per heavy atom. The number of methoxy groups -OCH3 is 1. The van der Waals surface area contributed by atoms with E-state index in [0.717, 1.165) is 24.1 Å². The van der Waals surface area contributed by atoms with Gasteiger partial charge in [0, 0.05) is 37.4 Å². The molecule has 9 nitrogen and oxygen atoms in total. The number of aliphatic hydroxyl groups excluding tert-OH is 1. The second kappa shape index (κ2) is 16.3. The van der Waals surface area contributed by atoms with Gasteiger partial charge in [0.1, 0.15) is 5.75 Å². The molecule has 0 radical (unpaired) electrons. The van der Waals surface area contributed by atoms with E-state index in [1.807, 2.05) is 31.2 Å². The minimum atomic E-state index is -3.02. The minimum Gasteiger partial charge on any atom is -0.497 e. The van der Waals surface area contributed by atoms with E-state index < -0.39 is 40.5 Å². The van der Waals surface area contributed by atoms with Gasteiger partial charge in [0.25, 0.3) is 5.91 Å². The Morgan fingerprint density at radius 2 is 1.84 bits per heavy atom. The van der Waals surface area contributed by atoms with E-state index in [2.05, 4.69) is 16.0 Å². The largest absolute Gasteiger partial charge is 0.497 e. The molecule has 6 N–H and O–H groups in total. The molecule has 0 aromatic heterocycles. The number of anilines is 2. The van der Waals surface area contributed by atoms with E-state index in [9.17, 15) is 27.8 Å². The number of nitrogens with one attached hydrogen (secondary N) is 3. The number of carbonyl (C=O) groups excluding carboxylic acids is 1. The average molecular weight is 655 g/mol. The number of nitrogens with zero attached hydrogens (tertiary/aromatic N) is 1. The molecule has 1 saturated heterocycles. The van der Waals surface area contributed by atoms with Crippen LogP contribution in [0.3, 0.4) is 0 Å². The number of rotatable bonds is 13. The van der Waals surface area contributed by atoms with Crippen LogP contribution in [0.15, 0.2) is 60.7 Å². The third kappa shape index (κ3) is 9.43. The second-order valence-electron chi connectivity index (χ2n) is 10.5. The third-order valence-corrected chi connectivity index (χ3v) is 9.20. The van der Waals surface area contributed by atoms with E-state index in [1.54, 1.807) is 29.6 Å². The summed E-state index contributed by atoms with van der Waals surface area (Å²) in [6.45, 7) is 3.46. The quantitative estimate of drug-likeness (QED) is 0.141. The molecule has 1 amide bonds. The summed E-state index contributed by atoms with van der Waals surface area (Å²) in [5.74, 6) is -1.55. The second-order valence-corrected chi connectivity index (χ2v) is 12.6. The van der Waals surface area contributed by atoms with Crippen molar-refractivity contribution < 1.29 is 32.5 Å². The molecule has 4 rings (SSSR count). The number of hydrogen-bond acceptors (Lipinski definition) is 8. The zero-order chi connectivity index (χ0) is 31.0. The monoisotopic (exact) mass is 654 g/mol. The third-order valence-electron chi connectivity index (χ3n) is 7.27. The van der Waals surface area contributed by atoms with Gasteiger partial charge in [-0.05, 0) is 79.8 Å². The van der Waals surface area contributed by atoms with E-state index in [-0.39, 0.29) is 36.7 Å². The van der Waals surface area contributed by atoms with Crippen LogP contribution in [0.5, 0.6) is 5.75 Å². The van der Waals surface area contributed by atoms with Crippen molar-refractivity contribution in [2.45, 2.75) is 44.9 Å². The predicted molar refractivity (Wildman–Crippen MR) is 174 cm³/mol. The smallest absolute Gasteiger partial charge is 0.251 e. The molecule has 0 unspecified atom stereocenters. The first kappa shape index (κ1) is 35.4. The molecule has 2 atom stereocenters. The molecule has 242 valence electrons. The number of aliphatic hydroxyl groups is 1. The normalized spacial score (nSPS) is 16.3. The molecule has 3 aromatic rings. The van der Waals surface area contributed by atoms with Crippen molar-refractivity contribution in [1.29, 1.82) is 0 Å². The highest BCUT2D eigenvalue weighted by molar-refractivity contribution is 8.25. The zero-order valence-corrected chi connectivity index (χ0v) is 26.4. The molecule has 13 heteroatoms. The lowest BCUT2D eigenvalue weighted by Crippen LogP contribution is -2.48. The molecule has 44 heavy (non-hydrogen) atoms. The molecule has 1 aliphatic rings. The zero-order valence-electron chi connectivity index (χ0n) is 24.8. The molecule has 3 aromatic carbocycles. The molecule has 0 spiro atoms. The Kier molecular flexibility index (Phi) is 13.1. The lowest BCUT2D eigenvalue weighted by Gasteiger charge is -2.47. The van der Waals surface area contributed by atoms with Crippen molar-refractivity contribution in [3.63, 3.8) is 0 Å². The van der Waals surface area contributed by atoms with Gasteiger partial charge in [0.05, 0.1) is 30.7 Å². The molecule has 0 bridgehead atoms. The topological polar surface area (TPSA) is 126 Å². The fraction of sp³-hybridized carbons (Fsp3) is 0.387. The fourth-order valence-corrected chi connectivity index (χ4v) is 6.72. The number of carbonyl (C=O) groups is 1. The van der Waals surface area contributed by atoms with Crippen LogP contribution in [0.2, 0.25) is 0 Å². The average Bonchev–Trinajstić information content (AvgIpc) is 2.98. The van der Waals surface area contributed by atoms with E-state index in [0.29, 0.717) is 48.7 Å². The van der Waals surface area contributed by atoms with Crippen LogP contribution in [-0.2, 0) is 13.0 Å².